The molecule has 1 aromatic rings. The Labute approximate surface area is 142 Å². The number of rotatable bonds is 5. The predicted octanol–water partition coefficient (Wildman–Crippen LogP) is 2.10. The predicted molar refractivity (Wildman–Crippen MR) is 91.0 cm³/mol. The van der Waals surface area contributed by atoms with Crippen LogP contribution < -0.4 is 11.1 Å². The zero-order chi connectivity index (χ0) is 16.8. The maximum Gasteiger partial charge on any atom is 0.224 e. The third-order valence-corrected chi connectivity index (χ3v) is 4.58. The molecule has 0 aliphatic carbocycles. The van der Waals surface area contributed by atoms with Crippen molar-refractivity contribution in [2.75, 3.05) is 19.6 Å². The van der Waals surface area contributed by atoms with Gasteiger partial charge in [-0.25, -0.2) is 0 Å². The smallest absolute Gasteiger partial charge is 0.224 e. The molecular weight excluding hydrogens is 314 g/mol. The molecule has 1 heterocycles. The molecule has 0 spiro atoms. The van der Waals surface area contributed by atoms with Gasteiger partial charge < -0.3 is 16.0 Å². The number of nitrogens with zero attached hydrogens (tertiary/aromatic N) is 1. The zero-order valence-electron chi connectivity index (χ0n) is 13.4. The molecule has 0 saturated carbocycles. The highest BCUT2D eigenvalue weighted by molar-refractivity contribution is 6.30. The summed E-state index contributed by atoms with van der Waals surface area (Å²) in [5.74, 6) is 0.426. The van der Waals surface area contributed by atoms with Crippen molar-refractivity contribution >= 4 is 23.4 Å². The average molecular weight is 338 g/mol. The monoisotopic (exact) mass is 337 g/mol. The number of benzene rings is 1. The Morgan fingerprint density at radius 2 is 1.91 bits per heavy atom. The fourth-order valence-corrected chi connectivity index (χ4v) is 3.04. The van der Waals surface area contributed by atoms with Crippen molar-refractivity contribution in [3.63, 3.8) is 0 Å². The molecular formula is C17H24ClN3O2. The topological polar surface area (TPSA) is 75.4 Å². The summed E-state index contributed by atoms with van der Waals surface area (Å²) in [6, 6.07) is 6.89. The molecule has 1 aromatic carbocycles. The first kappa shape index (κ1) is 17.8. The van der Waals surface area contributed by atoms with Crippen LogP contribution in [0.3, 0.4) is 0 Å². The fraction of sp³-hybridized carbons (Fsp3) is 0.529. The lowest BCUT2D eigenvalue weighted by molar-refractivity contribution is -0.133. The summed E-state index contributed by atoms with van der Waals surface area (Å²) in [5, 5.41) is 3.49. The molecule has 2 amide bonds. The van der Waals surface area contributed by atoms with E-state index in [0.29, 0.717) is 17.5 Å². The fourth-order valence-electron chi connectivity index (χ4n) is 2.91. The highest BCUT2D eigenvalue weighted by Gasteiger charge is 2.25. The van der Waals surface area contributed by atoms with Crippen LogP contribution in [0.1, 0.15) is 37.8 Å². The summed E-state index contributed by atoms with van der Waals surface area (Å²) in [6.45, 7) is 3.63. The molecule has 23 heavy (non-hydrogen) atoms. The summed E-state index contributed by atoms with van der Waals surface area (Å²) < 4.78 is 0. The van der Waals surface area contributed by atoms with Crippen molar-refractivity contribution in [2.24, 2.45) is 11.7 Å². The van der Waals surface area contributed by atoms with E-state index in [4.69, 9.17) is 17.3 Å². The van der Waals surface area contributed by atoms with E-state index in [-0.39, 0.29) is 24.3 Å². The molecule has 0 radical (unpaired) electrons. The third kappa shape index (κ3) is 5.22. The lowest BCUT2D eigenvalue weighted by Gasteiger charge is -2.32. The number of piperidine rings is 1. The number of nitrogens with one attached hydrogen (secondary N) is 1. The number of hydrogen-bond donors (Lipinski definition) is 2. The Morgan fingerprint density at radius 1 is 1.30 bits per heavy atom. The maximum atomic E-state index is 12.5. The summed E-state index contributed by atoms with van der Waals surface area (Å²) >= 11 is 5.90. The number of nitrogens with two attached hydrogens (primary N) is 1. The Balaban J connectivity index is 2.01. The van der Waals surface area contributed by atoms with Crippen LogP contribution >= 0.6 is 11.6 Å². The first-order valence-electron chi connectivity index (χ1n) is 8.00. The second-order valence-corrected chi connectivity index (χ2v) is 6.51. The van der Waals surface area contributed by atoms with Gasteiger partial charge in [0, 0.05) is 25.0 Å². The van der Waals surface area contributed by atoms with Gasteiger partial charge in [0.05, 0.1) is 12.5 Å². The molecule has 2 rings (SSSR count). The minimum Gasteiger partial charge on any atom is -0.349 e. The number of likely N-dealkylation sites (tertiary alicyclic amines) is 1. The first-order valence-corrected chi connectivity index (χ1v) is 8.37. The molecule has 1 aliphatic heterocycles. The molecule has 0 bridgehead atoms. The van der Waals surface area contributed by atoms with Crippen LogP contribution in [0.4, 0.5) is 0 Å². The van der Waals surface area contributed by atoms with Gasteiger partial charge in [-0.05, 0) is 43.0 Å². The SMILES string of the molecule is CC(=O)NC(CC(=O)N1CCC(CN)CC1)c1ccc(Cl)cc1. The van der Waals surface area contributed by atoms with Crippen LogP contribution in [0.15, 0.2) is 24.3 Å². The molecule has 6 heteroatoms. The van der Waals surface area contributed by atoms with Gasteiger partial charge in [-0.15, -0.1) is 0 Å². The molecule has 126 valence electrons. The third-order valence-electron chi connectivity index (χ3n) is 4.33. The molecule has 1 fully saturated rings. The van der Waals surface area contributed by atoms with Crippen molar-refractivity contribution in [3.8, 4) is 0 Å². The zero-order valence-corrected chi connectivity index (χ0v) is 14.2. The van der Waals surface area contributed by atoms with Crippen molar-refractivity contribution in [1.82, 2.24) is 10.2 Å². The number of amides is 2. The van der Waals surface area contributed by atoms with E-state index >= 15 is 0 Å². The van der Waals surface area contributed by atoms with Gasteiger partial charge in [0.15, 0.2) is 0 Å². The van der Waals surface area contributed by atoms with E-state index in [2.05, 4.69) is 5.32 Å². The van der Waals surface area contributed by atoms with E-state index in [0.717, 1.165) is 31.5 Å². The largest absolute Gasteiger partial charge is 0.349 e. The Morgan fingerprint density at radius 3 is 2.43 bits per heavy atom. The number of halogens is 1. The highest BCUT2D eigenvalue weighted by atomic mass is 35.5. The summed E-state index contributed by atoms with van der Waals surface area (Å²) in [5.41, 5.74) is 6.57. The Kier molecular flexibility index (Phi) is 6.42. The summed E-state index contributed by atoms with van der Waals surface area (Å²) in [4.78, 5) is 25.9. The molecule has 3 N–H and O–H groups in total. The second-order valence-electron chi connectivity index (χ2n) is 6.07. The molecule has 1 unspecified atom stereocenters. The standard InChI is InChI=1S/C17H24ClN3O2/c1-12(22)20-16(14-2-4-15(18)5-3-14)10-17(23)21-8-6-13(11-19)7-9-21/h2-5,13,16H,6-11,19H2,1H3,(H,20,22). The summed E-state index contributed by atoms with van der Waals surface area (Å²) in [6.07, 6.45) is 2.16. The van der Waals surface area contributed by atoms with Crippen molar-refractivity contribution in [2.45, 2.75) is 32.2 Å². The summed E-state index contributed by atoms with van der Waals surface area (Å²) in [7, 11) is 0. The highest BCUT2D eigenvalue weighted by Crippen LogP contribution is 2.22. The normalized spacial score (nSPS) is 16.9. The van der Waals surface area contributed by atoms with Gasteiger partial charge >= 0.3 is 0 Å². The van der Waals surface area contributed by atoms with Crippen molar-refractivity contribution in [1.29, 1.82) is 0 Å². The van der Waals surface area contributed by atoms with Crippen LogP contribution in [0.25, 0.3) is 0 Å². The number of carbonyl (C=O) groups is 2. The molecule has 1 aliphatic rings. The Bertz CT molecular complexity index is 539. The minimum absolute atomic E-state index is 0.0640. The van der Waals surface area contributed by atoms with E-state index in [1.807, 2.05) is 17.0 Å². The van der Waals surface area contributed by atoms with Crippen LogP contribution in [-0.2, 0) is 9.59 Å². The van der Waals surface area contributed by atoms with Crippen LogP contribution in [0, 0.1) is 5.92 Å². The molecule has 1 atom stereocenters. The Hall–Kier alpha value is -1.59. The van der Waals surface area contributed by atoms with Crippen molar-refractivity contribution in [3.05, 3.63) is 34.9 Å². The lowest BCUT2D eigenvalue weighted by Crippen LogP contribution is -2.41. The molecule has 1 saturated heterocycles. The quantitative estimate of drug-likeness (QED) is 0.864. The van der Waals surface area contributed by atoms with Crippen LogP contribution in [-0.4, -0.2) is 36.3 Å². The van der Waals surface area contributed by atoms with Gasteiger partial charge in [0.2, 0.25) is 11.8 Å². The van der Waals surface area contributed by atoms with Crippen LogP contribution in [0.5, 0.6) is 0 Å². The first-order chi connectivity index (χ1) is 11.0. The van der Waals surface area contributed by atoms with Gasteiger partial charge in [0.1, 0.15) is 0 Å². The minimum atomic E-state index is -0.329. The lowest BCUT2D eigenvalue weighted by atomic mass is 9.96. The average Bonchev–Trinajstić information content (AvgIpc) is 2.54. The van der Waals surface area contributed by atoms with Gasteiger partial charge in [-0.3, -0.25) is 9.59 Å². The number of hydrogen-bond acceptors (Lipinski definition) is 3. The molecule has 5 nitrogen and oxygen atoms in total. The van der Waals surface area contributed by atoms with Gasteiger partial charge in [-0.2, -0.15) is 0 Å². The van der Waals surface area contributed by atoms with E-state index in [1.165, 1.54) is 6.92 Å². The molecule has 0 aromatic heterocycles. The number of carbonyl (C=O) groups excluding carboxylic acids is 2. The van der Waals surface area contributed by atoms with E-state index in [1.54, 1.807) is 12.1 Å². The van der Waals surface area contributed by atoms with Crippen LogP contribution in [0.2, 0.25) is 5.02 Å². The van der Waals surface area contributed by atoms with E-state index in [9.17, 15) is 9.59 Å². The second kappa shape index (κ2) is 8.31. The van der Waals surface area contributed by atoms with Crippen molar-refractivity contribution < 1.29 is 9.59 Å². The van der Waals surface area contributed by atoms with Gasteiger partial charge in [0.25, 0.3) is 0 Å². The maximum absolute atomic E-state index is 12.5. The van der Waals surface area contributed by atoms with E-state index < -0.39 is 0 Å². The van der Waals surface area contributed by atoms with Gasteiger partial charge in [-0.1, -0.05) is 23.7 Å².